The van der Waals surface area contributed by atoms with E-state index in [-0.39, 0.29) is 5.91 Å². The third kappa shape index (κ3) is 2.72. The van der Waals surface area contributed by atoms with Gasteiger partial charge in [0.05, 0.1) is 11.0 Å². The van der Waals surface area contributed by atoms with Crippen molar-refractivity contribution in [2.45, 2.75) is 18.8 Å². The van der Waals surface area contributed by atoms with Crippen molar-refractivity contribution in [1.29, 1.82) is 0 Å². The number of aromatic amines is 1. The summed E-state index contributed by atoms with van der Waals surface area (Å²) in [6, 6.07) is 18.2. The summed E-state index contributed by atoms with van der Waals surface area (Å²) in [4.78, 5) is 22.3. The van der Waals surface area contributed by atoms with Gasteiger partial charge >= 0.3 is 0 Å². The molecule has 1 aromatic heterocycles. The van der Waals surface area contributed by atoms with Gasteiger partial charge in [0.1, 0.15) is 0 Å². The van der Waals surface area contributed by atoms with Crippen LogP contribution in [-0.2, 0) is 0 Å². The Balaban J connectivity index is 1.56. The molecule has 1 aliphatic rings. The van der Waals surface area contributed by atoms with Gasteiger partial charge in [-0.15, -0.1) is 0 Å². The van der Waals surface area contributed by atoms with Gasteiger partial charge in [-0.25, -0.2) is 4.98 Å². The number of H-pyrrole nitrogens is 1. The number of rotatable bonds is 2. The van der Waals surface area contributed by atoms with E-state index in [0.717, 1.165) is 37.0 Å². The number of imidazole rings is 1. The van der Waals surface area contributed by atoms with Crippen LogP contribution < -0.4 is 0 Å². The maximum Gasteiger partial charge on any atom is 0.289 e. The molecule has 3 aromatic rings. The largest absolute Gasteiger partial charge is 0.335 e. The molecule has 116 valence electrons. The van der Waals surface area contributed by atoms with Gasteiger partial charge in [-0.2, -0.15) is 0 Å². The number of nitrogens with one attached hydrogen (secondary N) is 1. The van der Waals surface area contributed by atoms with Gasteiger partial charge in [-0.3, -0.25) is 4.79 Å². The Morgan fingerprint density at radius 3 is 2.70 bits per heavy atom. The van der Waals surface area contributed by atoms with Crippen LogP contribution in [0.25, 0.3) is 11.0 Å². The molecule has 4 heteroatoms. The highest BCUT2D eigenvalue weighted by Crippen LogP contribution is 2.27. The number of carbonyl (C=O) groups is 1. The third-order valence-corrected chi connectivity index (χ3v) is 4.57. The highest BCUT2D eigenvalue weighted by Gasteiger charge is 2.26. The van der Waals surface area contributed by atoms with E-state index in [0.29, 0.717) is 11.7 Å². The molecule has 1 N–H and O–H groups in total. The lowest BCUT2D eigenvalue weighted by molar-refractivity contribution is 0.0696. The molecule has 0 spiro atoms. The van der Waals surface area contributed by atoms with Crippen molar-refractivity contribution in [3.8, 4) is 0 Å². The average molecular weight is 305 g/mol. The molecular formula is C19H19N3O. The van der Waals surface area contributed by atoms with Crippen LogP contribution in [0.3, 0.4) is 0 Å². The van der Waals surface area contributed by atoms with Gasteiger partial charge in [-0.05, 0) is 30.5 Å². The summed E-state index contributed by atoms with van der Waals surface area (Å²) in [7, 11) is 0. The topological polar surface area (TPSA) is 49.0 Å². The van der Waals surface area contributed by atoms with Crippen molar-refractivity contribution in [1.82, 2.24) is 14.9 Å². The van der Waals surface area contributed by atoms with E-state index in [9.17, 15) is 4.79 Å². The molecule has 0 radical (unpaired) electrons. The minimum Gasteiger partial charge on any atom is -0.335 e. The molecular weight excluding hydrogens is 286 g/mol. The minimum absolute atomic E-state index is 0.00170. The standard InChI is InChI=1S/C19H19N3O/c23-19(18-20-16-10-4-5-11-17(16)21-18)22-12-6-9-15(13-22)14-7-2-1-3-8-14/h1-5,7-8,10-11,15H,6,9,12-13H2,(H,20,21)/t15-/m0/s1. The number of benzene rings is 2. The van der Waals surface area contributed by atoms with Gasteiger partial charge < -0.3 is 9.88 Å². The fourth-order valence-electron chi connectivity index (χ4n) is 3.36. The van der Waals surface area contributed by atoms with E-state index >= 15 is 0 Å². The Morgan fingerprint density at radius 1 is 1.09 bits per heavy atom. The third-order valence-electron chi connectivity index (χ3n) is 4.57. The Morgan fingerprint density at radius 2 is 1.87 bits per heavy atom. The van der Waals surface area contributed by atoms with Crippen molar-refractivity contribution < 1.29 is 4.79 Å². The second-order valence-corrected chi connectivity index (χ2v) is 6.10. The molecule has 0 saturated carbocycles. The zero-order chi connectivity index (χ0) is 15.6. The first kappa shape index (κ1) is 14.0. The van der Waals surface area contributed by atoms with Gasteiger partial charge in [0.25, 0.3) is 5.91 Å². The quantitative estimate of drug-likeness (QED) is 0.786. The summed E-state index contributed by atoms with van der Waals surface area (Å²) in [5.74, 6) is 0.861. The lowest BCUT2D eigenvalue weighted by Gasteiger charge is -2.32. The first-order chi connectivity index (χ1) is 11.3. The van der Waals surface area contributed by atoms with Crippen LogP contribution in [0, 0.1) is 0 Å². The van der Waals surface area contributed by atoms with Crippen LogP contribution in [0.2, 0.25) is 0 Å². The van der Waals surface area contributed by atoms with Crippen LogP contribution in [0.15, 0.2) is 54.6 Å². The number of hydrogen-bond donors (Lipinski definition) is 1. The fraction of sp³-hybridized carbons (Fsp3) is 0.263. The second-order valence-electron chi connectivity index (χ2n) is 6.10. The number of hydrogen-bond acceptors (Lipinski definition) is 2. The molecule has 4 nitrogen and oxygen atoms in total. The van der Waals surface area contributed by atoms with E-state index in [2.05, 4.69) is 34.2 Å². The average Bonchev–Trinajstić information content (AvgIpc) is 3.06. The monoisotopic (exact) mass is 305 g/mol. The summed E-state index contributed by atoms with van der Waals surface area (Å²) in [6.45, 7) is 1.57. The SMILES string of the molecule is O=C(c1nc2ccccc2[nH]1)N1CCC[C@H](c2ccccc2)C1. The molecule has 0 unspecified atom stereocenters. The zero-order valence-corrected chi connectivity index (χ0v) is 12.9. The van der Waals surface area contributed by atoms with Crippen LogP contribution >= 0.6 is 0 Å². The molecule has 4 rings (SSSR count). The van der Waals surface area contributed by atoms with Gasteiger partial charge in [0, 0.05) is 19.0 Å². The van der Waals surface area contributed by atoms with E-state index in [1.165, 1.54) is 5.56 Å². The number of amides is 1. The Labute approximate surface area is 135 Å². The molecule has 1 fully saturated rings. The summed E-state index contributed by atoms with van der Waals surface area (Å²) in [6.07, 6.45) is 2.17. The zero-order valence-electron chi connectivity index (χ0n) is 12.9. The number of piperidine rings is 1. The van der Waals surface area contributed by atoms with Crippen LogP contribution in [0.4, 0.5) is 0 Å². The van der Waals surface area contributed by atoms with E-state index < -0.39 is 0 Å². The fourth-order valence-corrected chi connectivity index (χ4v) is 3.36. The summed E-state index contributed by atoms with van der Waals surface area (Å²) < 4.78 is 0. The molecule has 1 atom stereocenters. The number of fused-ring (bicyclic) bond motifs is 1. The van der Waals surface area contributed by atoms with Gasteiger partial charge in [-0.1, -0.05) is 42.5 Å². The number of para-hydroxylation sites is 2. The van der Waals surface area contributed by atoms with E-state index in [1.54, 1.807) is 0 Å². The summed E-state index contributed by atoms with van der Waals surface area (Å²) in [5.41, 5.74) is 3.06. The van der Waals surface area contributed by atoms with E-state index in [1.807, 2.05) is 35.2 Å². The molecule has 2 aromatic carbocycles. The van der Waals surface area contributed by atoms with Crippen molar-refractivity contribution in [3.63, 3.8) is 0 Å². The summed E-state index contributed by atoms with van der Waals surface area (Å²) >= 11 is 0. The highest BCUT2D eigenvalue weighted by molar-refractivity contribution is 5.94. The normalized spacial score (nSPS) is 18.3. The van der Waals surface area contributed by atoms with Crippen LogP contribution in [0.1, 0.15) is 34.9 Å². The second kappa shape index (κ2) is 5.88. The van der Waals surface area contributed by atoms with Crippen molar-refractivity contribution in [3.05, 3.63) is 66.0 Å². The number of carbonyl (C=O) groups excluding carboxylic acids is 1. The first-order valence-corrected chi connectivity index (χ1v) is 8.10. The maximum absolute atomic E-state index is 12.8. The minimum atomic E-state index is 0.00170. The van der Waals surface area contributed by atoms with E-state index in [4.69, 9.17) is 0 Å². The maximum atomic E-state index is 12.8. The Hall–Kier alpha value is -2.62. The Kier molecular flexibility index (Phi) is 3.58. The highest BCUT2D eigenvalue weighted by atomic mass is 16.2. The number of nitrogens with zero attached hydrogens (tertiary/aromatic N) is 2. The smallest absolute Gasteiger partial charge is 0.289 e. The number of likely N-dealkylation sites (tertiary alicyclic amines) is 1. The van der Waals surface area contributed by atoms with Crippen molar-refractivity contribution >= 4 is 16.9 Å². The predicted molar refractivity (Wildman–Crippen MR) is 90.4 cm³/mol. The first-order valence-electron chi connectivity index (χ1n) is 8.10. The molecule has 0 aliphatic carbocycles. The molecule has 23 heavy (non-hydrogen) atoms. The Bertz CT molecular complexity index is 792. The van der Waals surface area contributed by atoms with Crippen LogP contribution in [0.5, 0.6) is 0 Å². The predicted octanol–water partition coefficient (Wildman–Crippen LogP) is 3.58. The van der Waals surface area contributed by atoms with Crippen molar-refractivity contribution in [2.24, 2.45) is 0 Å². The lowest BCUT2D eigenvalue weighted by Crippen LogP contribution is -2.39. The summed E-state index contributed by atoms with van der Waals surface area (Å²) in [5, 5.41) is 0. The molecule has 1 aliphatic heterocycles. The molecule has 1 amide bonds. The van der Waals surface area contributed by atoms with Gasteiger partial charge in [0.2, 0.25) is 0 Å². The van der Waals surface area contributed by atoms with Gasteiger partial charge in [0.15, 0.2) is 5.82 Å². The molecule has 0 bridgehead atoms. The molecule has 2 heterocycles. The van der Waals surface area contributed by atoms with Crippen molar-refractivity contribution in [2.75, 3.05) is 13.1 Å². The lowest BCUT2D eigenvalue weighted by atomic mass is 9.90. The van der Waals surface area contributed by atoms with Crippen LogP contribution in [-0.4, -0.2) is 33.9 Å². The molecule has 1 saturated heterocycles. The number of aromatic nitrogens is 2.